The summed E-state index contributed by atoms with van der Waals surface area (Å²) in [6, 6.07) is 1.24. The predicted octanol–water partition coefficient (Wildman–Crippen LogP) is 0.247. The first kappa shape index (κ1) is 13.3. The van der Waals surface area contributed by atoms with Crippen LogP contribution in [0.5, 0.6) is 0 Å². The van der Waals surface area contributed by atoms with Crippen molar-refractivity contribution in [1.29, 1.82) is 0 Å². The van der Waals surface area contributed by atoms with Crippen LogP contribution in [-0.4, -0.2) is 75.9 Å². The number of likely N-dealkylation sites (N-methyl/N-ethyl adjacent to an activating group) is 3. The summed E-state index contributed by atoms with van der Waals surface area (Å²) in [5.74, 6) is 0.771. The van der Waals surface area contributed by atoms with Gasteiger partial charge in [-0.05, 0) is 39.9 Å². The van der Waals surface area contributed by atoms with Gasteiger partial charge in [-0.1, -0.05) is 0 Å². The Morgan fingerprint density at radius 1 is 1.18 bits per heavy atom. The Bertz CT molecular complexity index is 231. The Kier molecular flexibility index (Phi) is 4.79. The first-order valence-electron chi connectivity index (χ1n) is 6.86. The van der Waals surface area contributed by atoms with Crippen molar-refractivity contribution in [2.24, 2.45) is 5.92 Å². The number of rotatable bonds is 3. The molecular formula is C13H27N3O. The van der Waals surface area contributed by atoms with Crippen molar-refractivity contribution in [3.63, 3.8) is 0 Å². The zero-order chi connectivity index (χ0) is 12.3. The molecule has 0 spiro atoms. The predicted molar refractivity (Wildman–Crippen MR) is 70.3 cm³/mol. The van der Waals surface area contributed by atoms with Crippen LogP contribution in [0.2, 0.25) is 0 Å². The second-order valence-corrected chi connectivity index (χ2v) is 5.57. The Labute approximate surface area is 105 Å². The van der Waals surface area contributed by atoms with Crippen molar-refractivity contribution in [3.05, 3.63) is 0 Å². The second-order valence-electron chi connectivity index (χ2n) is 5.57. The summed E-state index contributed by atoms with van der Waals surface area (Å²) in [4.78, 5) is 4.98. The SMILES string of the molecule is CNC(C1CCOCC1)C1CN(C)CCN1C. The van der Waals surface area contributed by atoms with E-state index in [4.69, 9.17) is 4.74 Å². The van der Waals surface area contributed by atoms with Crippen molar-refractivity contribution in [3.8, 4) is 0 Å². The first-order valence-corrected chi connectivity index (χ1v) is 6.86. The number of nitrogens with zero attached hydrogens (tertiary/aromatic N) is 2. The molecule has 0 aromatic heterocycles. The maximum absolute atomic E-state index is 5.48. The number of hydrogen-bond acceptors (Lipinski definition) is 4. The van der Waals surface area contributed by atoms with Gasteiger partial charge in [0.1, 0.15) is 0 Å². The quantitative estimate of drug-likeness (QED) is 0.766. The molecule has 2 rings (SSSR count). The highest BCUT2D eigenvalue weighted by atomic mass is 16.5. The average molecular weight is 241 g/mol. The molecule has 1 N–H and O–H groups in total. The number of ether oxygens (including phenoxy) is 1. The second kappa shape index (κ2) is 6.14. The fourth-order valence-electron chi connectivity index (χ4n) is 3.25. The van der Waals surface area contributed by atoms with Gasteiger partial charge in [-0.3, -0.25) is 4.90 Å². The van der Waals surface area contributed by atoms with E-state index in [0.29, 0.717) is 12.1 Å². The minimum absolute atomic E-state index is 0.603. The lowest BCUT2D eigenvalue weighted by Crippen LogP contribution is -2.60. The van der Waals surface area contributed by atoms with E-state index in [1.807, 2.05) is 0 Å². The van der Waals surface area contributed by atoms with E-state index in [0.717, 1.165) is 19.1 Å². The van der Waals surface area contributed by atoms with Crippen LogP contribution in [0.25, 0.3) is 0 Å². The van der Waals surface area contributed by atoms with Gasteiger partial charge in [0.05, 0.1) is 0 Å². The monoisotopic (exact) mass is 241 g/mol. The van der Waals surface area contributed by atoms with Gasteiger partial charge < -0.3 is 15.0 Å². The molecule has 0 aliphatic carbocycles. The summed E-state index contributed by atoms with van der Waals surface area (Å²) in [5.41, 5.74) is 0. The third kappa shape index (κ3) is 3.19. The molecule has 2 aliphatic heterocycles. The van der Waals surface area contributed by atoms with Crippen molar-refractivity contribution < 1.29 is 4.74 Å². The lowest BCUT2D eigenvalue weighted by molar-refractivity contribution is 0.0202. The van der Waals surface area contributed by atoms with Gasteiger partial charge in [0, 0.05) is 44.9 Å². The van der Waals surface area contributed by atoms with E-state index >= 15 is 0 Å². The molecule has 0 saturated carbocycles. The molecule has 4 nitrogen and oxygen atoms in total. The van der Waals surface area contributed by atoms with E-state index in [1.165, 1.54) is 32.5 Å². The van der Waals surface area contributed by atoms with Crippen LogP contribution in [0.4, 0.5) is 0 Å². The van der Waals surface area contributed by atoms with E-state index in [-0.39, 0.29) is 0 Å². The number of nitrogens with one attached hydrogen (secondary N) is 1. The largest absolute Gasteiger partial charge is 0.381 e. The van der Waals surface area contributed by atoms with Crippen molar-refractivity contribution in [2.45, 2.75) is 24.9 Å². The zero-order valence-corrected chi connectivity index (χ0v) is 11.5. The van der Waals surface area contributed by atoms with Crippen LogP contribution in [0.3, 0.4) is 0 Å². The smallest absolute Gasteiger partial charge is 0.0469 e. The van der Waals surface area contributed by atoms with Crippen LogP contribution in [0, 0.1) is 5.92 Å². The molecule has 0 aromatic carbocycles. The summed E-state index contributed by atoms with van der Waals surface area (Å²) in [5, 5.41) is 3.57. The van der Waals surface area contributed by atoms with Crippen LogP contribution in [-0.2, 0) is 4.74 Å². The van der Waals surface area contributed by atoms with Crippen molar-refractivity contribution in [2.75, 3.05) is 54.0 Å². The van der Waals surface area contributed by atoms with E-state index < -0.39 is 0 Å². The molecule has 17 heavy (non-hydrogen) atoms. The van der Waals surface area contributed by atoms with E-state index in [9.17, 15) is 0 Å². The van der Waals surface area contributed by atoms with Gasteiger partial charge in [-0.15, -0.1) is 0 Å². The summed E-state index contributed by atoms with van der Waals surface area (Å²) in [7, 11) is 6.61. The fourth-order valence-corrected chi connectivity index (χ4v) is 3.25. The Morgan fingerprint density at radius 2 is 1.88 bits per heavy atom. The summed E-state index contributed by atoms with van der Waals surface area (Å²) >= 11 is 0. The fraction of sp³-hybridized carbons (Fsp3) is 1.00. The number of piperazine rings is 1. The highest BCUT2D eigenvalue weighted by Crippen LogP contribution is 2.24. The van der Waals surface area contributed by atoms with Gasteiger partial charge in [0.25, 0.3) is 0 Å². The Hall–Kier alpha value is -0.160. The highest BCUT2D eigenvalue weighted by Gasteiger charge is 2.34. The molecule has 0 aromatic rings. The molecule has 2 fully saturated rings. The molecule has 2 saturated heterocycles. The molecule has 2 heterocycles. The molecule has 2 unspecified atom stereocenters. The maximum atomic E-state index is 5.48. The highest BCUT2D eigenvalue weighted by molar-refractivity contribution is 4.92. The van der Waals surface area contributed by atoms with Crippen LogP contribution in [0.15, 0.2) is 0 Å². The maximum Gasteiger partial charge on any atom is 0.0469 e. The molecule has 100 valence electrons. The van der Waals surface area contributed by atoms with Gasteiger partial charge in [0.15, 0.2) is 0 Å². The topological polar surface area (TPSA) is 27.7 Å². The summed E-state index contributed by atoms with van der Waals surface area (Å²) in [6.45, 7) is 5.43. The van der Waals surface area contributed by atoms with E-state index in [1.54, 1.807) is 0 Å². The van der Waals surface area contributed by atoms with Crippen LogP contribution < -0.4 is 5.32 Å². The third-order valence-corrected chi connectivity index (χ3v) is 4.42. The Balaban J connectivity index is 1.99. The summed E-state index contributed by atoms with van der Waals surface area (Å²) in [6.07, 6.45) is 2.42. The van der Waals surface area contributed by atoms with Crippen molar-refractivity contribution in [1.82, 2.24) is 15.1 Å². The van der Waals surface area contributed by atoms with Crippen molar-refractivity contribution >= 4 is 0 Å². The lowest BCUT2D eigenvalue weighted by Gasteiger charge is -2.45. The van der Waals surface area contributed by atoms with Crippen LogP contribution in [0.1, 0.15) is 12.8 Å². The Morgan fingerprint density at radius 3 is 2.53 bits per heavy atom. The average Bonchev–Trinajstić information content (AvgIpc) is 2.36. The van der Waals surface area contributed by atoms with Gasteiger partial charge in [-0.25, -0.2) is 0 Å². The minimum atomic E-state index is 0.603. The van der Waals surface area contributed by atoms with Gasteiger partial charge >= 0.3 is 0 Å². The molecule has 4 heteroatoms. The first-order chi connectivity index (χ1) is 8.22. The lowest BCUT2D eigenvalue weighted by atomic mass is 9.85. The van der Waals surface area contributed by atoms with Crippen LogP contribution >= 0.6 is 0 Å². The third-order valence-electron chi connectivity index (χ3n) is 4.42. The number of hydrogen-bond donors (Lipinski definition) is 1. The molecular weight excluding hydrogens is 214 g/mol. The molecule has 2 atom stereocenters. The van der Waals surface area contributed by atoms with Gasteiger partial charge in [-0.2, -0.15) is 0 Å². The molecule has 0 bridgehead atoms. The zero-order valence-electron chi connectivity index (χ0n) is 11.5. The normalized spacial score (nSPS) is 31.6. The molecule has 0 radical (unpaired) electrons. The summed E-state index contributed by atoms with van der Waals surface area (Å²) < 4.78 is 5.48. The van der Waals surface area contributed by atoms with Gasteiger partial charge in [0.2, 0.25) is 0 Å². The standard InChI is InChI=1S/C13H27N3O/c1-14-13(11-4-8-17-9-5-11)12-10-15(2)6-7-16(12)3/h11-14H,4-10H2,1-3H3. The minimum Gasteiger partial charge on any atom is -0.381 e. The van der Waals surface area contributed by atoms with E-state index in [2.05, 4.69) is 36.3 Å². The molecule has 0 amide bonds. The molecule has 2 aliphatic rings.